The number of ether oxygens (including phenoxy) is 2. The molecule has 6 heteroatoms. The Morgan fingerprint density at radius 2 is 2.00 bits per heavy atom. The average Bonchev–Trinajstić information content (AvgIpc) is 2.74. The number of hydrogen-bond donors (Lipinski definition) is 0. The molecule has 0 saturated carbocycles. The maximum atomic E-state index is 12.7. The van der Waals surface area contributed by atoms with Crippen molar-refractivity contribution in [2.24, 2.45) is 11.8 Å². The van der Waals surface area contributed by atoms with Crippen LogP contribution in [-0.2, 0) is 14.3 Å². The summed E-state index contributed by atoms with van der Waals surface area (Å²) in [6, 6.07) is 0. The minimum Gasteiger partial charge on any atom is -0.466 e. The Balaban J connectivity index is 2.22. The van der Waals surface area contributed by atoms with E-state index in [1.165, 1.54) is 12.2 Å². The third kappa shape index (κ3) is 1.71. The summed E-state index contributed by atoms with van der Waals surface area (Å²) in [5.41, 5.74) is 0. The van der Waals surface area contributed by atoms with Crippen LogP contribution in [0.25, 0.3) is 0 Å². The number of rotatable bonds is 2. The van der Waals surface area contributed by atoms with Gasteiger partial charge in [-0.1, -0.05) is 12.2 Å². The Morgan fingerprint density at radius 1 is 1.38 bits per heavy atom. The van der Waals surface area contributed by atoms with Gasteiger partial charge in [-0.2, -0.15) is 13.2 Å². The molecule has 0 aromatic carbocycles. The summed E-state index contributed by atoms with van der Waals surface area (Å²) >= 11 is 0. The fourth-order valence-electron chi connectivity index (χ4n) is 2.22. The minimum atomic E-state index is -4.44. The second kappa shape index (κ2) is 3.76. The van der Waals surface area contributed by atoms with Crippen molar-refractivity contribution in [1.29, 1.82) is 0 Å². The lowest BCUT2D eigenvalue weighted by atomic mass is 9.82. The van der Waals surface area contributed by atoms with Crippen LogP contribution >= 0.6 is 0 Å². The molecule has 0 aliphatic carbocycles. The minimum absolute atomic E-state index is 0.0704. The molecule has 0 amide bonds. The molecule has 3 nitrogen and oxygen atoms in total. The quantitative estimate of drug-likeness (QED) is 0.540. The maximum Gasteiger partial charge on any atom is 0.395 e. The summed E-state index contributed by atoms with van der Waals surface area (Å²) in [6.45, 7) is 1.63. The highest BCUT2D eigenvalue weighted by molar-refractivity contribution is 5.75. The van der Waals surface area contributed by atoms with Gasteiger partial charge >= 0.3 is 12.1 Å². The molecule has 0 aromatic rings. The lowest BCUT2D eigenvalue weighted by molar-refractivity contribution is -0.197. The van der Waals surface area contributed by atoms with Gasteiger partial charge in [0, 0.05) is 0 Å². The standard InChI is InChI=1S/C10H11F3O3/c1-2-15-9(14)7-5-3-4-6(16-5)8(7)10(11,12)13/h3-8H,2H2,1H3/t5?,6?,7-,8+/m0/s1. The fraction of sp³-hybridized carbons (Fsp3) is 0.700. The van der Waals surface area contributed by atoms with Crippen LogP contribution < -0.4 is 0 Å². The second-order valence-electron chi connectivity index (χ2n) is 3.80. The zero-order valence-electron chi connectivity index (χ0n) is 8.53. The van der Waals surface area contributed by atoms with Gasteiger partial charge in [-0.15, -0.1) is 0 Å². The second-order valence-corrected chi connectivity index (χ2v) is 3.80. The molecule has 2 aliphatic heterocycles. The Labute approximate surface area is 90.2 Å². The van der Waals surface area contributed by atoms with Crippen LogP contribution in [0.1, 0.15) is 6.92 Å². The Hall–Kier alpha value is -1.04. The summed E-state index contributed by atoms with van der Waals surface area (Å²) in [4.78, 5) is 11.5. The van der Waals surface area contributed by atoms with Crippen LogP contribution in [0.15, 0.2) is 12.2 Å². The first kappa shape index (κ1) is 11.4. The number of fused-ring (bicyclic) bond motifs is 2. The molecule has 0 N–H and O–H groups in total. The first-order valence-corrected chi connectivity index (χ1v) is 5.02. The van der Waals surface area contributed by atoms with Crippen molar-refractivity contribution in [2.75, 3.05) is 6.61 Å². The molecule has 0 aromatic heterocycles. The Bertz CT molecular complexity index is 324. The van der Waals surface area contributed by atoms with Crippen LogP contribution in [0.2, 0.25) is 0 Å². The summed E-state index contributed by atoms with van der Waals surface area (Å²) in [6.07, 6.45) is -3.43. The van der Waals surface area contributed by atoms with Crippen molar-refractivity contribution in [3.8, 4) is 0 Å². The average molecular weight is 236 g/mol. The molecule has 1 saturated heterocycles. The van der Waals surface area contributed by atoms with Crippen LogP contribution in [-0.4, -0.2) is 31.0 Å². The number of hydrogen-bond acceptors (Lipinski definition) is 3. The monoisotopic (exact) mass is 236 g/mol. The van der Waals surface area contributed by atoms with Crippen LogP contribution in [0, 0.1) is 11.8 Å². The molecular weight excluding hydrogens is 225 g/mol. The van der Waals surface area contributed by atoms with Gasteiger partial charge < -0.3 is 9.47 Å². The van der Waals surface area contributed by atoms with E-state index in [0.29, 0.717) is 0 Å². The van der Waals surface area contributed by atoms with Crippen molar-refractivity contribution >= 4 is 5.97 Å². The summed E-state index contributed by atoms with van der Waals surface area (Å²) in [5.74, 6) is -3.86. The molecule has 2 unspecified atom stereocenters. The molecule has 90 valence electrons. The van der Waals surface area contributed by atoms with E-state index in [0.717, 1.165) is 0 Å². The summed E-state index contributed by atoms with van der Waals surface area (Å²) < 4.78 is 48.0. The lowest BCUT2D eigenvalue weighted by Gasteiger charge is -2.25. The molecule has 4 atom stereocenters. The van der Waals surface area contributed by atoms with E-state index >= 15 is 0 Å². The fourth-order valence-corrected chi connectivity index (χ4v) is 2.22. The Morgan fingerprint density at radius 3 is 2.56 bits per heavy atom. The van der Waals surface area contributed by atoms with Crippen molar-refractivity contribution in [2.45, 2.75) is 25.3 Å². The van der Waals surface area contributed by atoms with Crippen molar-refractivity contribution in [3.05, 3.63) is 12.2 Å². The third-order valence-corrected chi connectivity index (χ3v) is 2.84. The third-order valence-electron chi connectivity index (χ3n) is 2.84. The number of carbonyl (C=O) groups excluding carboxylic acids is 1. The summed E-state index contributed by atoms with van der Waals surface area (Å²) in [7, 11) is 0. The van der Waals surface area contributed by atoms with E-state index in [1.54, 1.807) is 6.92 Å². The van der Waals surface area contributed by atoms with E-state index in [9.17, 15) is 18.0 Å². The Kier molecular flexibility index (Phi) is 2.69. The zero-order valence-corrected chi connectivity index (χ0v) is 8.53. The molecule has 0 spiro atoms. The van der Waals surface area contributed by atoms with Crippen molar-refractivity contribution in [1.82, 2.24) is 0 Å². The normalized spacial score (nSPS) is 36.8. The van der Waals surface area contributed by atoms with Gasteiger partial charge in [0.25, 0.3) is 0 Å². The van der Waals surface area contributed by atoms with Crippen LogP contribution in [0.3, 0.4) is 0 Å². The SMILES string of the molecule is CCOC(=O)[C@H]1C2C=CC(O2)[C@H]1C(F)(F)F. The molecule has 2 rings (SSSR count). The molecule has 2 heterocycles. The molecule has 2 bridgehead atoms. The van der Waals surface area contributed by atoms with E-state index in [1.807, 2.05) is 0 Å². The molecule has 2 aliphatic rings. The van der Waals surface area contributed by atoms with Gasteiger partial charge in [-0.3, -0.25) is 4.79 Å². The van der Waals surface area contributed by atoms with E-state index < -0.39 is 36.2 Å². The van der Waals surface area contributed by atoms with Crippen LogP contribution in [0.4, 0.5) is 13.2 Å². The maximum absolute atomic E-state index is 12.7. The number of carbonyl (C=O) groups is 1. The van der Waals surface area contributed by atoms with Gasteiger partial charge in [-0.05, 0) is 6.92 Å². The van der Waals surface area contributed by atoms with Gasteiger partial charge in [0.05, 0.1) is 18.8 Å². The predicted molar refractivity (Wildman–Crippen MR) is 47.5 cm³/mol. The number of alkyl halides is 3. The topological polar surface area (TPSA) is 35.5 Å². The predicted octanol–water partition coefficient (Wildman–Crippen LogP) is 1.68. The largest absolute Gasteiger partial charge is 0.466 e. The highest BCUT2D eigenvalue weighted by Gasteiger charge is 2.61. The van der Waals surface area contributed by atoms with E-state index in [2.05, 4.69) is 4.74 Å². The van der Waals surface area contributed by atoms with Gasteiger partial charge in [-0.25, -0.2) is 0 Å². The van der Waals surface area contributed by atoms with Crippen molar-refractivity contribution in [3.63, 3.8) is 0 Å². The van der Waals surface area contributed by atoms with Crippen LogP contribution in [0.5, 0.6) is 0 Å². The van der Waals surface area contributed by atoms with E-state index in [-0.39, 0.29) is 6.61 Å². The highest BCUT2D eigenvalue weighted by Crippen LogP contribution is 2.47. The molecule has 16 heavy (non-hydrogen) atoms. The smallest absolute Gasteiger partial charge is 0.395 e. The first-order valence-electron chi connectivity index (χ1n) is 5.02. The van der Waals surface area contributed by atoms with Gasteiger partial charge in [0.15, 0.2) is 0 Å². The highest BCUT2D eigenvalue weighted by atomic mass is 19.4. The van der Waals surface area contributed by atoms with Gasteiger partial charge in [0.2, 0.25) is 0 Å². The lowest BCUT2D eigenvalue weighted by Crippen LogP contribution is -2.41. The molecular formula is C10H11F3O3. The number of halogens is 3. The van der Waals surface area contributed by atoms with Crippen molar-refractivity contribution < 1.29 is 27.4 Å². The zero-order chi connectivity index (χ0) is 11.9. The first-order chi connectivity index (χ1) is 7.45. The molecule has 1 fully saturated rings. The number of esters is 1. The molecule has 0 radical (unpaired) electrons. The summed E-state index contributed by atoms with van der Waals surface area (Å²) in [5, 5.41) is 0. The van der Waals surface area contributed by atoms with Gasteiger partial charge in [0.1, 0.15) is 11.8 Å². The van der Waals surface area contributed by atoms with E-state index in [4.69, 9.17) is 4.74 Å².